The van der Waals surface area contributed by atoms with Gasteiger partial charge in [-0.15, -0.1) is 0 Å². The van der Waals surface area contributed by atoms with Crippen molar-refractivity contribution in [1.82, 2.24) is 16.0 Å². The number of nitrogens with one attached hydrogen (secondary N) is 3. The normalized spacial score (nSPS) is 11.9. The summed E-state index contributed by atoms with van der Waals surface area (Å²) in [6, 6.07) is 24.4. The fourth-order valence-corrected chi connectivity index (χ4v) is 4.19. The van der Waals surface area contributed by atoms with Crippen LogP contribution in [0.2, 0.25) is 0 Å². The van der Waals surface area contributed by atoms with E-state index in [1.165, 1.54) is 0 Å². The number of carbonyl (C=O) groups is 3. The number of benzene rings is 3. The molecule has 0 spiro atoms. The molecular formula is C31H38N4O3. The van der Waals surface area contributed by atoms with Gasteiger partial charge in [-0.25, -0.2) is 0 Å². The van der Waals surface area contributed by atoms with Crippen molar-refractivity contribution in [2.45, 2.75) is 58.2 Å². The van der Waals surface area contributed by atoms with E-state index >= 15 is 0 Å². The molecule has 5 N–H and O–H groups in total. The Morgan fingerprint density at radius 2 is 1.50 bits per heavy atom. The molecule has 3 aromatic carbocycles. The van der Waals surface area contributed by atoms with Crippen LogP contribution in [0.4, 0.5) is 0 Å². The molecule has 200 valence electrons. The molecule has 7 nitrogen and oxygen atoms in total. The number of rotatable bonds is 12. The largest absolute Gasteiger partial charge is 0.352 e. The zero-order valence-corrected chi connectivity index (χ0v) is 22.4. The SMILES string of the molecule is CCNC(=O)c1ccccc1-c1ccc(CNC(=O)[C@@H](CCc2ccccc2)NC(=O)CC(C)(C)N)cc1. The quantitative estimate of drug-likeness (QED) is 0.293. The van der Waals surface area contributed by atoms with E-state index in [1.54, 1.807) is 13.8 Å². The van der Waals surface area contributed by atoms with Gasteiger partial charge in [0.2, 0.25) is 11.8 Å². The maximum Gasteiger partial charge on any atom is 0.251 e. The van der Waals surface area contributed by atoms with Gasteiger partial charge in [-0.05, 0) is 61.9 Å². The first-order valence-electron chi connectivity index (χ1n) is 13.0. The van der Waals surface area contributed by atoms with Crippen LogP contribution in [0, 0.1) is 0 Å². The molecule has 0 aromatic heterocycles. The number of carbonyl (C=O) groups excluding carboxylic acids is 3. The van der Waals surface area contributed by atoms with Gasteiger partial charge in [0.15, 0.2) is 0 Å². The van der Waals surface area contributed by atoms with Crippen LogP contribution in [0.5, 0.6) is 0 Å². The van der Waals surface area contributed by atoms with Gasteiger partial charge in [0.1, 0.15) is 6.04 Å². The van der Waals surface area contributed by atoms with Crippen molar-refractivity contribution >= 4 is 17.7 Å². The fraction of sp³-hybridized carbons (Fsp3) is 0.323. The van der Waals surface area contributed by atoms with E-state index in [4.69, 9.17) is 5.73 Å². The smallest absolute Gasteiger partial charge is 0.251 e. The minimum Gasteiger partial charge on any atom is -0.352 e. The van der Waals surface area contributed by atoms with Gasteiger partial charge in [0.05, 0.1) is 0 Å². The van der Waals surface area contributed by atoms with Crippen molar-refractivity contribution in [3.63, 3.8) is 0 Å². The highest BCUT2D eigenvalue weighted by Crippen LogP contribution is 2.24. The molecule has 0 unspecified atom stereocenters. The molecule has 0 aliphatic carbocycles. The van der Waals surface area contributed by atoms with Gasteiger partial charge in [-0.1, -0.05) is 72.8 Å². The summed E-state index contributed by atoms with van der Waals surface area (Å²) in [6.45, 7) is 6.33. The van der Waals surface area contributed by atoms with Crippen LogP contribution in [0.25, 0.3) is 11.1 Å². The second kappa shape index (κ2) is 13.5. The van der Waals surface area contributed by atoms with Crippen molar-refractivity contribution in [3.05, 3.63) is 95.6 Å². The van der Waals surface area contributed by atoms with E-state index in [0.29, 0.717) is 31.5 Å². The van der Waals surface area contributed by atoms with Crippen LogP contribution in [0.3, 0.4) is 0 Å². The van der Waals surface area contributed by atoms with Gasteiger partial charge >= 0.3 is 0 Å². The van der Waals surface area contributed by atoms with Crippen molar-refractivity contribution < 1.29 is 14.4 Å². The van der Waals surface area contributed by atoms with Crippen LogP contribution < -0.4 is 21.7 Å². The molecule has 7 heteroatoms. The number of hydrogen-bond acceptors (Lipinski definition) is 4. The van der Waals surface area contributed by atoms with E-state index < -0.39 is 11.6 Å². The van der Waals surface area contributed by atoms with E-state index in [9.17, 15) is 14.4 Å². The Hall–Kier alpha value is -3.97. The lowest BCUT2D eigenvalue weighted by Crippen LogP contribution is -2.49. The molecule has 0 fully saturated rings. The Bertz CT molecular complexity index is 1220. The summed E-state index contributed by atoms with van der Waals surface area (Å²) in [6.07, 6.45) is 1.26. The summed E-state index contributed by atoms with van der Waals surface area (Å²) < 4.78 is 0. The number of amides is 3. The predicted molar refractivity (Wildman–Crippen MR) is 151 cm³/mol. The molecule has 0 saturated heterocycles. The zero-order chi connectivity index (χ0) is 27.5. The highest BCUT2D eigenvalue weighted by atomic mass is 16.2. The average Bonchev–Trinajstić information content (AvgIpc) is 2.89. The van der Waals surface area contributed by atoms with Crippen molar-refractivity contribution in [1.29, 1.82) is 0 Å². The average molecular weight is 515 g/mol. The maximum absolute atomic E-state index is 13.1. The predicted octanol–water partition coefficient (Wildman–Crippen LogP) is 3.96. The lowest BCUT2D eigenvalue weighted by Gasteiger charge is -2.22. The second-order valence-corrected chi connectivity index (χ2v) is 10.1. The molecule has 1 atom stereocenters. The fourth-order valence-electron chi connectivity index (χ4n) is 4.19. The first-order valence-corrected chi connectivity index (χ1v) is 13.0. The molecule has 0 bridgehead atoms. The van der Waals surface area contributed by atoms with E-state index in [2.05, 4.69) is 16.0 Å². The summed E-state index contributed by atoms with van der Waals surface area (Å²) in [7, 11) is 0. The molecule has 3 rings (SSSR count). The number of hydrogen-bond donors (Lipinski definition) is 4. The molecule has 3 aromatic rings. The summed E-state index contributed by atoms with van der Waals surface area (Å²) >= 11 is 0. The van der Waals surface area contributed by atoms with Gasteiger partial charge in [0.25, 0.3) is 5.91 Å². The molecule has 0 heterocycles. The zero-order valence-electron chi connectivity index (χ0n) is 22.4. The summed E-state index contributed by atoms with van der Waals surface area (Å²) in [5, 5.41) is 8.68. The molecule has 3 amide bonds. The minimum atomic E-state index is -0.673. The van der Waals surface area contributed by atoms with Gasteiger partial charge in [-0.3, -0.25) is 14.4 Å². The highest BCUT2D eigenvalue weighted by Gasteiger charge is 2.24. The Kier molecular flexibility index (Phi) is 10.2. The Morgan fingerprint density at radius 3 is 2.16 bits per heavy atom. The lowest BCUT2D eigenvalue weighted by molar-refractivity contribution is -0.129. The Balaban J connectivity index is 1.66. The Morgan fingerprint density at radius 1 is 0.842 bits per heavy atom. The van der Waals surface area contributed by atoms with Gasteiger partial charge in [-0.2, -0.15) is 0 Å². The maximum atomic E-state index is 13.1. The standard InChI is InChI=1S/C31H38N4O3/c1-4-33-29(37)26-13-9-8-12-25(26)24-17-14-23(15-18-24)21-34-30(38)27(35-28(36)20-31(2,3)32)19-16-22-10-6-5-7-11-22/h5-15,17-18,27H,4,16,19-21,32H2,1-3H3,(H,33,37)(H,34,38)(H,35,36)/t27-/m1/s1. The van der Waals surface area contributed by atoms with Crippen molar-refractivity contribution in [2.75, 3.05) is 6.54 Å². The first-order chi connectivity index (χ1) is 18.2. The summed E-state index contributed by atoms with van der Waals surface area (Å²) in [5.74, 6) is -0.600. The third kappa shape index (κ3) is 8.85. The van der Waals surface area contributed by atoms with E-state index in [-0.39, 0.29) is 24.1 Å². The second-order valence-electron chi connectivity index (χ2n) is 10.1. The third-order valence-corrected chi connectivity index (χ3v) is 6.07. The van der Waals surface area contributed by atoms with Gasteiger partial charge in [0, 0.05) is 30.6 Å². The Labute approximate surface area is 225 Å². The summed E-state index contributed by atoms with van der Waals surface area (Å²) in [4.78, 5) is 38.1. The molecule has 0 saturated carbocycles. The van der Waals surface area contributed by atoms with Crippen LogP contribution in [0.1, 0.15) is 55.1 Å². The highest BCUT2D eigenvalue weighted by molar-refractivity contribution is 6.00. The van der Waals surface area contributed by atoms with Crippen LogP contribution in [0.15, 0.2) is 78.9 Å². The van der Waals surface area contributed by atoms with Crippen molar-refractivity contribution in [2.24, 2.45) is 5.73 Å². The van der Waals surface area contributed by atoms with Crippen LogP contribution in [-0.4, -0.2) is 35.8 Å². The van der Waals surface area contributed by atoms with E-state index in [1.807, 2.05) is 85.8 Å². The monoisotopic (exact) mass is 514 g/mol. The van der Waals surface area contributed by atoms with Crippen LogP contribution >= 0.6 is 0 Å². The third-order valence-electron chi connectivity index (χ3n) is 6.07. The lowest BCUT2D eigenvalue weighted by atomic mass is 9.98. The molecule has 0 aliphatic rings. The first kappa shape index (κ1) is 28.6. The molecular weight excluding hydrogens is 476 g/mol. The number of aryl methyl sites for hydroxylation is 1. The summed E-state index contributed by atoms with van der Waals surface area (Å²) in [5.41, 5.74) is 9.73. The number of nitrogens with two attached hydrogens (primary N) is 1. The van der Waals surface area contributed by atoms with Gasteiger partial charge < -0.3 is 21.7 Å². The molecule has 38 heavy (non-hydrogen) atoms. The minimum absolute atomic E-state index is 0.110. The van der Waals surface area contributed by atoms with E-state index in [0.717, 1.165) is 22.3 Å². The topological polar surface area (TPSA) is 113 Å². The van der Waals surface area contributed by atoms with Crippen LogP contribution in [-0.2, 0) is 22.6 Å². The van der Waals surface area contributed by atoms with Crippen molar-refractivity contribution in [3.8, 4) is 11.1 Å². The molecule has 0 aliphatic heterocycles. The molecule has 0 radical (unpaired) electrons.